The van der Waals surface area contributed by atoms with Gasteiger partial charge in [0.15, 0.2) is 6.29 Å². The van der Waals surface area contributed by atoms with Crippen LogP contribution in [0.15, 0.2) is 11.6 Å². The van der Waals surface area contributed by atoms with Crippen molar-refractivity contribution in [3.63, 3.8) is 0 Å². The zero-order chi connectivity index (χ0) is 25.3. The van der Waals surface area contributed by atoms with Crippen molar-refractivity contribution in [3.8, 4) is 0 Å². The molecule has 14 atom stereocenters. The molecule has 14 nitrogen and oxygen atoms in total. The van der Waals surface area contributed by atoms with Crippen LogP contribution in [0.2, 0.25) is 0 Å². The van der Waals surface area contributed by atoms with Gasteiger partial charge in [-0.3, -0.25) is 0 Å². The largest absolute Gasteiger partial charge is 0.394 e. The van der Waals surface area contributed by atoms with Gasteiger partial charge in [0.25, 0.3) is 0 Å². The van der Waals surface area contributed by atoms with E-state index in [1.54, 1.807) is 0 Å². The number of hydrogen-bond donors (Lipinski definition) is 12. The summed E-state index contributed by atoms with van der Waals surface area (Å²) in [7, 11) is 0. The second-order valence-electron chi connectivity index (χ2n) is 9.12. The van der Waals surface area contributed by atoms with Gasteiger partial charge in [-0.1, -0.05) is 6.08 Å². The molecule has 0 unspecified atom stereocenters. The summed E-state index contributed by atoms with van der Waals surface area (Å²) in [5.74, 6) is -0.833. The van der Waals surface area contributed by atoms with E-state index in [1.807, 2.05) is 0 Å². The van der Waals surface area contributed by atoms with Crippen LogP contribution in [-0.2, 0) is 9.47 Å². The minimum absolute atomic E-state index is 0.0129. The molecule has 1 saturated carbocycles. The van der Waals surface area contributed by atoms with Crippen LogP contribution >= 0.6 is 0 Å². The van der Waals surface area contributed by atoms with Crippen molar-refractivity contribution in [2.75, 3.05) is 19.8 Å². The molecule has 3 aliphatic rings. The molecule has 3 rings (SSSR count). The molecule has 0 aromatic rings. The van der Waals surface area contributed by atoms with Gasteiger partial charge in [-0.15, -0.1) is 0 Å². The summed E-state index contributed by atoms with van der Waals surface area (Å²) in [5, 5.41) is 113. The van der Waals surface area contributed by atoms with Crippen LogP contribution in [0.4, 0.5) is 0 Å². The first-order valence-corrected chi connectivity index (χ1v) is 11.1. The molecule has 0 radical (unpaired) electrons. The SMILES string of the molecule is OCC1=C[C@H](N[C@H]2C[C@H](CO[C@H]3O[C@H](CO)[C@@H](O)[C@H](O)[C@H]3O)[C@@H](O)[C@H](O)[C@H]2O)[C@H](O)[C@@H](O)[C@@H]1O. The van der Waals surface area contributed by atoms with E-state index in [0.717, 1.165) is 0 Å². The van der Waals surface area contributed by atoms with Crippen LogP contribution in [0.5, 0.6) is 0 Å². The third-order valence-electron chi connectivity index (χ3n) is 6.88. The van der Waals surface area contributed by atoms with Gasteiger partial charge in [-0.25, -0.2) is 0 Å². The third kappa shape index (κ3) is 5.45. The molecule has 0 spiro atoms. The van der Waals surface area contributed by atoms with E-state index in [4.69, 9.17) is 9.47 Å². The molecular formula is C20H35NO13. The number of aliphatic hydroxyl groups is 11. The molecule has 2 aliphatic carbocycles. The minimum Gasteiger partial charge on any atom is -0.394 e. The van der Waals surface area contributed by atoms with Crippen molar-refractivity contribution in [1.29, 1.82) is 0 Å². The fourth-order valence-corrected chi connectivity index (χ4v) is 4.67. The Balaban J connectivity index is 1.67. The van der Waals surface area contributed by atoms with Crippen molar-refractivity contribution in [1.82, 2.24) is 5.32 Å². The Hall–Kier alpha value is -0.820. The van der Waals surface area contributed by atoms with E-state index >= 15 is 0 Å². The first-order valence-electron chi connectivity index (χ1n) is 11.1. The predicted octanol–water partition coefficient (Wildman–Crippen LogP) is -6.75. The molecular weight excluding hydrogens is 462 g/mol. The lowest BCUT2D eigenvalue weighted by molar-refractivity contribution is -0.306. The van der Waals surface area contributed by atoms with E-state index < -0.39 is 98.5 Å². The van der Waals surface area contributed by atoms with Gasteiger partial charge in [0, 0.05) is 12.0 Å². The van der Waals surface area contributed by atoms with Gasteiger partial charge in [0.1, 0.15) is 48.8 Å². The molecule has 198 valence electrons. The van der Waals surface area contributed by atoms with Gasteiger partial charge in [0.05, 0.1) is 38.1 Å². The Morgan fingerprint density at radius 3 is 2.06 bits per heavy atom. The highest BCUT2D eigenvalue weighted by Crippen LogP contribution is 2.30. The Labute approximate surface area is 194 Å². The van der Waals surface area contributed by atoms with Crippen LogP contribution in [0.25, 0.3) is 0 Å². The lowest BCUT2D eigenvalue weighted by atomic mass is 9.78. The van der Waals surface area contributed by atoms with E-state index in [2.05, 4.69) is 5.32 Å². The molecule has 0 amide bonds. The highest BCUT2D eigenvalue weighted by atomic mass is 16.7. The molecule has 1 saturated heterocycles. The third-order valence-corrected chi connectivity index (χ3v) is 6.88. The average molecular weight is 497 g/mol. The Morgan fingerprint density at radius 1 is 0.794 bits per heavy atom. The number of hydrogen-bond acceptors (Lipinski definition) is 14. The summed E-state index contributed by atoms with van der Waals surface area (Å²) < 4.78 is 10.7. The van der Waals surface area contributed by atoms with E-state index in [1.165, 1.54) is 6.08 Å². The number of ether oxygens (including phenoxy) is 2. The maximum absolute atomic E-state index is 10.4. The smallest absolute Gasteiger partial charge is 0.186 e. The average Bonchev–Trinajstić information content (AvgIpc) is 2.83. The van der Waals surface area contributed by atoms with Crippen LogP contribution in [0.1, 0.15) is 6.42 Å². The molecule has 0 bridgehead atoms. The van der Waals surface area contributed by atoms with Crippen LogP contribution in [-0.4, -0.2) is 155 Å². The van der Waals surface area contributed by atoms with Gasteiger partial charge < -0.3 is 71.0 Å². The highest BCUT2D eigenvalue weighted by Gasteiger charge is 2.47. The van der Waals surface area contributed by atoms with Crippen molar-refractivity contribution < 1.29 is 65.6 Å². The maximum Gasteiger partial charge on any atom is 0.186 e. The fourth-order valence-electron chi connectivity index (χ4n) is 4.67. The highest BCUT2D eigenvalue weighted by molar-refractivity contribution is 5.22. The topological polar surface area (TPSA) is 253 Å². The van der Waals surface area contributed by atoms with Crippen LogP contribution in [0.3, 0.4) is 0 Å². The van der Waals surface area contributed by atoms with Crippen molar-refractivity contribution in [2.24, 2.45) is 5.92 Å². The summed E-state index contributed by atoms with van der Waals surface area (Å²) in [6.07, 6.45) is -15.4. The molecule has 34 heavy (non-hydrogen) atoms. The molecule has 1 aliphatic heterocycles. The number of aliphatic hydroxyl groups excluding tert-OH is 11. The number of rotatable bonds is 7. The second kappa shape index (κ2) is 11.5. The van der Waals surface area contributed by atoms with Crippen molar-refractivity contribution >= 4 is 0 Å². The van der Waals surface area contributed by atoms with E-state index in [-0.39, 0.29) is 18.6 Å². The van der Waals surface area contributed by atoms with Gasteiger partial charge in [-0.05, 0) is 12.0 Å². The summed E-state index contributed by atoms with van der Waals surface area (Å²) >= 11 is 0. The summed E-state index contributed by atoms with van der Waals surface area (Å²) in [5.41, 5.74) is 0.0590. The quantitative estimate of drug-likeness (QED) is 0.146. The van der Waals surface area contributed by atoms with Crippen molar-refractivity contribution in [3.05, 3.63) is 11.6 Å². The van der Waals surface area contributed by atoms with E-state index in [0.29, 0.717) is 0 Å². The first-order chi connectivity index (χ1) is 16.0. The lowest BCUT2D eigenvalue weighted by Gasteiger charge is -2.44. The number of nitrogens with one attached hydrogen (secondary N) is 1. The maximum atomic E-state index is 10.4. The summed E-state index contributed by atoms with van der Waals surface area (Å²) in [6, 6.07) is -1.94. The monoisotopic (exact) mass is 497 g/mol. The Bertz CT molecular complexity index is 695. The van der Waals surface area contributed by atoms with Gasteiger partial charge >= 0.3 is 0 Å². The van der Waals surface area contributed by atoms with Gasteiger partial charge in [-0.2, -0.15) is 0 Å². The zero-order valence-electron chi connectivity index (χ0n) is 18.2. The first kappa shape index (κ1) is 27.8. The fraction of sp³-hybridized carbons (Fsp3) is 0.900. The molecule has 14 heteroatoms. The van der Waals surface area contributed by atoms with Crippen LogP contribution < -0.4 is 5.32 Å². The molecule has 1 heterocycles. The molecule has 12 N–H and O–H groups in total. The molecule has 0 aromatic heterocycles. The lowest BCUT2D eigenvalue weighted by Crippen LogP contribution is -2.64. The van der Waals surface area contributed by atoms with Crippen molar-refractivity contribution in [2.45, 2.75) is 85.8 Å². The second-order valence-corrected chi connectivity index (χ2v) is 9.12. The Kier molecular flexibility index (Phi) is 9.38. The standard InChI is InChI=1S/C20H35NO13/c22-3-6-1-8(13(26)16(29)11(6)24)21-9-2-7(12(25)17(30)14(9)27)5-33-20-19(32)18(31)15(28)10(4-23)34-20/h1,7-32H,2-5H2/t7-,8+,9+,10-,11-,12-,13+,14+,15-,16+,17+,18+,19-,20+/m1/s1. The zero-order valence-corrected chi connectivity index (χ0v) is 18.2. The minimum atomic E-state index is -1.66. The predicted molar refractivity (Wildman–Crippen MR) is 110 cm³/mol. The van der Waals surface area contributed by atoms with E-state index in [9.17, 15) is 56.2 Å². The molecule has 2 fully saturated rings. The summed E-state index contributed by atoms with van der Waals surface area (Å²) in [4.78, 5) is 0. The summed E-state index contributed by atoms with van der Waals surface area (Å²) in [6.45, 7) is -1.55. The molecule has 0 aromatic carbocycles. The van der Waals surface area contributed by atoms with Crippen LogP contribution in [0, 0.1) is 5.92 Å². The Morgan fingerprint density at radius 2 is 1.44 bits per heavy atom. The normalized spacial score (nSPS) is 50.1. The van der Waals surface area contributed by atoms with Gasteiger partial charge in [0.2, 0.25) is 0 Å².